The van der Waals surface area contributed by atoms with Gasteiger partial charge in [-0.1, -0.05) is 53.5 Å². The highest BCUT2D eigenvalue weighted by Gasteiger charge is 2.15. The zero-order valence-electron chi connectivity index (χ0n) is 16.8. The van der Waals surface area contributed by atoms with Crippen molar-refractivity contribution in [2.45, 2.75) is 12.4 Å². The highest BCUT2D eigenvalue weighted by Crippen LogP contribution is 2.24. The summed E-state index contributed by atoms with van der Waals surface area (Å²) in [5, 5.41) is 4.27. The summed E-state index contributed by atoms with van der Waals surface area (Å²) >= 11 is -2.19. The molecule has 0 bridgehead atoms. The molecule has 0 saturated carbocycles. The first-order valence-electron chi connectivity index (χ1n) is 9.71. The van der Waals surface area contributed by atoms with Crippen LogP contribution in [0.25, 0.3) is 16.8 Å². The number of rotatable bonds is 7. The van der Waals surface area contributed by atoms with Crippen molar-refractivity contribution in [1.82, 2.24) is 9.78 Å². The van der Waals surface area contributed by atoms with Crippen LogP contribution >= 0.6 is 0 Å². The van der Waals surface area contributed by atoms with Crippen LogP contribution in [0.5, 0.6) is 5.75 Å². The quantitative estimate of drug-likeness (QED) is 0.398. The van der Waals surface area contributed by atoms with Gasteiger partial charge in [-0.15, -0.1) is 0 Å². The highest BCUT2D eigenvalue weighted by molar-refractivity contribution is 7.78. The molecule has 0 saturated heterocycles. The van der Waals surface area contributed by atoms with E-state index in [0.717, 1.165) is 0 Å². The molecule has 1 aromatic heterocycles. The number of aromatic nitrogens is 2. The van der Waals surface area contributed by atoms with E-state index in [0.29, 0.717) is 33.7 Å². The Hall–Kier alpha value is -3.62. The molecule has 4 rings (SSSR count). The molecule has 3 aromatic carbocycles. The van der Waals surface area contributed by atoms with Crippen LogP contribution < -0.4 is 10.3 Å². The third kappa shape index (κ3) is 4.99. The predicted molar refractivity (Wildman–Crippen MR) is 119 cm³/mol. The van der Waals surface area contributed by atoms with Crippen LogP contribution in [-0.2, 0) is 23.4 Å². The first kappa shape index (κ1) is 21.6. The summed E-state index contributed by atoms with van der Waals surface area (Å²) in [6.45, 7) is -0.00573. The summed E-state index contributed by atoms with van der Waals surface area (Å²) in [5.74, 6) is 0.107. The van der Waals surface area contributed by atoms with Gasteiger partial charge in [0, 0.05) is 11.3 Å². The summed E-state index contributed by atoms with van der Waals surface area (Å²) in [6, 6.07) is 21.4. The fourth-order valence-electron chi connectivity index (χ4n) is 3.23. The fraction of sp³-hybridized carbons (Fsp3) is 0.0833. The van der Waals surface area contributed by atoms with Gasteiger partial charge in [0.2, 0.25) is 0 Å². The Morgan fingerprint density at radius 2 is 1.66 bits per heavy atom. The number of hydrogen-bond donors (Lipinski definition) is 0. The Balaban J connectivity index is 1.76. The molecule has 0 radical (unpaired) electrons. The van der Waals surface area contributed by atoms with Crippen LogP contribution in [0.4, 0.5) is 4.39 Å². The van der Waals surface area contributed by atoms with E-state index in [1.54, 1.807) is 42.6 Å². The van der Waals surface area contributed by atoms with Gasteiger partial charge in [-0.2, -0.15) is 9.78 Å². The van der Waals surface area contributed by atoms with Crippen molar-refractivity contribution < 1.29 is 17.9 Å². The standard InChI is InChI=1S/C24H19FN2O4S/c25-19-10-12-20(13-11-19)27-24(28)23(15-31-21-4-2-1-3-5-21)22(14-26-27)18-8-6-17(7-9-18)16-32(29)30/h1-14H,15-16H2,(H,29,30)/p-1. The lowest BCUT2D eigenvalue weighted by molar-refractivity contribution is 0.304. The Bertz CT molecular complexity index is 1290. The molecule has 0 fully saturated rings. The molecular formula is C24H18FN2O4S-. The zero-order valence-corrected chi connectivity index (χ0v) is 17.6. The van der Waals surface area contributed by atoms with Gasteiger partial charge in [0.1, 0.15) is 18.2 Å². The average Bonchev–Trinajstić information content (AvgIpc) is 2.80. The largest absolute Gasteiger partial charge is 0.772 e. The van der Waals surface area contributed by atoms with E-state index in [-0.39, 0.29) is 12.4 Å². The second-order valence-corrected chi connectivity index (χ2v) is 7.87. The highest BCUT2D eigenvalue weighted by atomic mass is 32.2. The Morgan fingerprint density at radius 1 is 0.969 bits per heavy atom. The van der Waals surface area contributed by atoms with Gasteiger partial charge in [-0.05, 0) is 47.5 Å². The number of benzene rings is 3. The molecular weight excluding hydrogens is 431 g/mol. The van der Waals surface area contributed by atoms with Gasteiger partial charge in [-0.3, -0.25) is 9.00 Å². The summed E-state index contributed by atoms with van der Waals surface area (Å²) in [4.78, 5) is 13.3. The maximum Gasteiger partial charge on any atom is 0.278 e. The first-order chi connectivity index (χ1) is 15.5. The van der Waals surface area contributed by atoms with E-state index >= 15 is 0 Å². The monoisotopic (exact) mass is 449 g/mol. The predicted octanol–water partition coefficient (Wildman–Crippen LogP) is 4.00. The fourth-order valence-corrected chi connectivity index (χ4v) is 3.70. The van der Waals surface area contributed by atoms with Gasteiger partial charge < -0.3 is 9.29 Å². The molecule has 1 heterocycles. The average molecular weight is 449 g/mol. The van der Waals surface area contributed by atoms with Crippen LogP contribution in [0, 0.1) is 5.82 Å². The Kier molecular flexibility index (Phi) is 6.53. The number of nitrogens with zero attached hydrogens (tertiary/aromatic N) is 2. The number of hydrogen-bond acceptors (Lipinski definition) is 5. The van der Waals surface area contributed by atoms with Crippen molar-refractivity contribution in [2.75, 3.05) is 0 Å². The minimum atomic E-state index is -2.19. The molecule has 0 amide bonds. The SMILES string of the molecule is O=c1c(COc2ccccc2)c(-c2ccc(CS(=O)[O-])cc2)cnn1-c1ccc(F)cc1. The summed E-state index contributed by atoms with van der Waals surface area (Å²) < 4.78 is 42.2. The molecule has 32 heavy (non-hydrogen) atoms. The number of para-hydroxylation sites is 1. The normalized spacial score (nSPS) is 11.8. The number of ether oxygens (including phenoxy) is 1. The van der Waals surface area contributed by atoms with Crippen molar-refractivity contribution >= 4 is 11.1 Å². The second kappa shape index (κ2) is 9.67. The summed E-state index contributed by atoms with van der Waals surface area (Å²) in [6.07, 6.45) is 1.55. The molecule has 1 unspecified atom stereocenters. The van der Waals surface area contributed by atoms with Crippen molar-refractivity contribution in [3.05, 3.63) is 112 Å². The zero-order chi connectivity index (χ0) is 22.5. The maximum absolute atomic E-state index is 13.3. The molecule has 8 heteroatoms. The molecule has 0 aliphatic rings. The lowest BCUT2D eigenvalue weighted by Crippen LogP contribution is -2.26. The second-order valence-electron chi connectivity index (χ2n) is 6.98. The van der Waals surface area contributed by atoms with Gasteiger partial charge in [-0.25, -0.2) is 4.39 Å². The molecule has 4 aromatic rings. The van der Waals surface area contributed by atoms with Gasteiger partial charge >= 0.3 is 0 Å². The Labute approximate surface area is 186 Å². The topological polar surface area (TPSA) is 84.2 Å². The van der Waals surface area contributed by atoms with Crippen LogP contribution in [-0.4, -0.2) is 18.5 Å². The first-order valence-corrected chi connectivity index (χ1v) is 11.0. The van der Waals surface area contributed by atoms with Crippen LogP contribution in [0.3, 0.4) is 0 Å². The molecule has 1 atom stereocenters. The summed E-state index contributed by atoms with van der Waals surface area (Å²) in [5.41, 5.74) is 2.31. The minimum Gasteiger partial charge on any atom is -0.772 e. The van der Waals surface area contributed by atoms with Crippen molar-refractivity contribution in [3.8, 4) is 22.6 Å². The number of halogens is 1. The van der Waals surface area contributed by atoms with Crippen molar-refractivity contribution in [2.24, 2.45) is 0 Å². The third-order valence-corrected chi connectivity index (χ3v) is 5.39. The van der Waals surface area contributed by atoms with E-state index in [1.165, 1.54) is 28.9 Å². The lowest BCUT2D eigenvalue weighted by Gasteiger charge is -2.14. The van der Waals surface area contributed by atoms with E-state index in [2.05, 4.69) is 5.10 Å². The maximum atomic E-state index is 13.3. The van der Waals surface area contributed by atoms with Crippen LogP contribution in [0.1, 0.15) is 11.1 Å². The molecule has 162 valence electrons. The van der Waals surface area contributed by atoms with Crippen molar-refractivity contribution in [3.63, 3.8) is 0 Å². The smallest absolute Gasteiger partial charge is 0.278 e. The van der Waals surface area contributed by atoms with Gasteiger partial charge in [0.25, 0.3) is 5.56 Å². The molecule has 0 aliphatic heterocycles. The van der Waals surface area contributed by atoms with E-state index in [1.807, 2.05) is 18.2 Å². The van der Waals surface area contributed by atoms with Crippen molar-refractivity contribution in [1.29, 1.82) is 0 Å². The van der Waals surface area contributed by atoms with Crippen LogP contribution in [0.15, 0.2) is 89.9 Å². The van der Waals surface area contributed by atoms with Crippen LogP contribution in [0.2, 0.25) is 0 Å². The summed E-state index contributed by atoms with van der Waals surface area (Å²) in [7, 11) is 0. The molecule has 0 spiro atoms. The van der Waals surface area contributed by atoms with E-state index < -0.39 is 22.5 Å². The molecule has 6 nitrogen and oxygen atoms in total. The Morgan fingerprint density at radius 3 is 2.31 bits per heavy atom. The van der Waals surface area contributed by atoms with E-state index in [4.69, 9.17) is 4.74 Å². The van der Waals surface area contributed by atoms with E-state index in [9.17, 15) is 17.9 Å². The third-order valence-electron chi connectivity index (χ3n) is 4.82. The van der Waals surface area contributed by atoms with Gasteiger partial charge in [0.05, 0.1) is 17.4 Å². The molecule has 0 aliphatic carbocycles. The molecule has 0 N–H and O–H groups in total. The lowest BCUT2D eigenvalue weighted by atomic mass is 10.0. The minimum absolute atomic E-state index is 0.00573. The van der Waals surface area contributed by atoms with Gasteiger partial charge in [0.15, 0.2) is 0 Å².